The fraction of sp³-hybridized carbons (Fsp3) is 0.538. The minimum Gasteiger partial charge on any atom is -0.375 e. The summed E-state index contributed by atoms with van der Waals surface area (Å²) >= 11 is 0. The lowest BCUT2D eigenvalue weighted by Crippen LogP contribution is -2.30. The highest BCUT2D eigenvalue weighted by molar-refractivity contribution is 5.96. The van der Waals surface area contributed by atoms with Crippen LogP contribution < -0.4 is 0 Å². The molecule has 2 unspecified atom stereocenters. The monoisotopic (exact) mass is 217 g/mol. The first-order valence-corrected chi connectivity index (χ1v) is 5.93. The van der Waals surface area contributed by atoms with Crippen molar-refractivity contribution < 1.29 is 9.53 Å². The van der Waals surface area contributed by atoms with Crippen LogP contribution in [-0.4, -0.2) is 23.0 Å². The van der Waals surface area contributed by atoms with Gasteiger partial charge in [-0.05, 0) is 37.8 Å². The van der Waals surface area contributed by atoms with Crippen LogP contribution >= 0.6 is 0 Å². The molecule has 1 aromatic heterocycles. The topological polar surface area (TPSA) is 39.2 Å². The Kier molecular flexibility index (Phi) is 2.48. The standard InChI is InChI=1S/C13H15NO2/c15-13(12-3-1-2-6-14-12)9-7-10-4-5-11(8-9)16-10/h1-3,6,9-11H,4-5,7-8H2. The van der Waals surface area contributed by atoms with E-state index in [-0.39, 0.29) is 11.7 Å². The molecule has 0 aromatic carbocycles. The van der Waals surface area contributed by atoms with Gasteiger partial charge in [-0.3, -0.25) is 9.78 Å². The number of hydrogen-bond donors (Lipinski definition) is 0. The van der Waals surface area contributed by atoms with Crippen molar-refractivity contribution in [2.75, 3.05) is 0 Å². The van der Waals surface area contributed by atoms with Crippen LogP contribution in [0.5, 0.6) is 0 Å². The molecule has 0 amide bonds. The molecule has 2 atom stereocenters. The van der Waals surface area contributed by atoms with Gasteiger partial charge in [0.1, 0.15) is 5.69 Å². The van der Waals surface area contributed by atoms with Gasteiger partial charge in [-0.15, -0.1) is 0 Å². The number of rotatable bonds is 2. The average Bonchev–Trinajstić information content (AvgIpc) is 2.68. The van der Waals surface area contributed by atoms with Gasteiger partial charge >= 0.3 is 0 Å². The zero-order valence-corrected chi connectivity index (χ0v) is 9.13. The summed E-state index contributed by atoms with van der Waals surface area (Å²) in [5.74, 6) is 0.321. The van der Waals surface area contributed by atoms with Crippen LogP contribution in [0.2, 0.25) is 0 Å². The van der Waals surface area contributed by atoms with E-state index in [4.69, 9.17) is 4.74 Å². The first-order chi connectivity index (χ1) is 7.83. The van der Waals surface area contributed by atoms with Crippen molar-refractivity contribution >= 4 is 5.78 Å². The lowest BCUT2D eigenvalue weighted by atomic mass is 9.90. The third-order valence-corrected chi connectivity index (χ3v) is 3.58. The number of ether oxygens (including phenoxy) is 1. The van der Waals surface area contributed by atoms with E-state index in [0.717, 1.165) is 25.7 Å². The van der Waals surface area contributed by atoms with Gasteiger partial charge in [-0.1, -0.05) is 6.07 Å². The Morgan fingerprint density at radius 1 is 1.25 bits per heavy atom. The Balaban J connectivity index is 1.76. The van der Waals surface area contributed by atoms with Crippen molar-refractivity contribution in [3.05, 3.63) is 30.1 Å². The number of nitrogens with zero attached hydrogens (tertiary/aromatic N) is 1. The number of fused-ring (bicyclic) bond motifs is 2. The second-order valence-electron chi connectivity index (χ2n) is 4.71. The second-order valence-corrected chi connectivity index (χ2v) is 4.71. The van der Waals surface area contributed by atoms with Gasteiger partial charge in [0.2, 0.25) is 0 Å². The molecule has 2 bridgehead atoms. The Hall–Kier alpha value is -1.22. The quantitative estimate of drug-likeness (QED) is 0.713. The molecule has 84 valence electrons. The van der Waals surface area contributed by atoms with Gasteiger partial charge in [-0.25, -0.2) is 0 Å². The van der Waals surface area contributed by atoms with E-state index in [1.54, 1.807) is 12.3 Å². The van der Waals surface area contributed by atoms with Gasteiger partial charge in [0, 0.05) is 12.1 Å². The summed E-state index contributed by atoms with van der Waals surface area (Å²) in [5.41, 5.74) is 0.605. The normalized spacial score (nSPS) is 32.6. The van der Waals surface area contributed by atoms with E-state index >= 15 is 0 Å². The van der Waals surface area contributed by atoms with Gasteiger partial charge < -0.3 is 4.74 Å². The molecule has 2 aliphatic heterocycles. The highest BCUT2D eigenvalue weighted by atomic mass is 16.5. The van der Waals surface area contributed by atoms with Crippen LogP contribution in [0.3, 0.4) is 0 Å². The molecule has 2 aliphatic rings. The zero-order chi connectivity index (χ0) is 11.0. The zero-order valence-electron chi connectivity index (χ0n) is 9.13. The summed E-state index contributed by atoms with van der Waals surface area (Å²) in [6, 6.07) is 5.51. The number of hydrogen-bond acceptors (Lipinski definition) is 3. The molecular formula is C13H15NO2. The summed E-state index contributed by atoms with van der Waals surface area (Å²) < 4.78 is 5.74. The molecule has 3 rings (SSSR count). The van der Waals surface area contributed by atoms with Crippen LogP contribution in [-0.2, 0) is 4.74 Å². The number of aromatic nitrogens is 1. The molecule has 3 heterocycles. The largest absolute Gasteiger partial charge is 0.375 e. The maximum atomic E-state index is 12.2. The van der Waals surface area contributed by atoms with Crippen LogP contribution in [0, 0.1) is 5.92 Å². The van der Waals surface area contributed by atoms with Crippen LogP contribution in [0.15, 0.2) is 24.4 Å². The fourth-order valence-electron chi connectivity index (χ4n) is 2.79. The van der Waals surface area contributed by atoms with Crippen molar-refractivity contribution in [1.29, 1.82) is 0 Å². The molecule has 0 radical (unpaired) electrons. The van der Waals surface area contributed by atoms with Crippen molar-refractivity contribution in [2.24, 2.45) is 5.92 Å². The summed E-state index contributed by atoms with van der Waals surface area (Å²) in [6.45, 7) is 0. The number of ketones is 1. The summed E-state index contributed by atoms with van der Waals surface area (Å²) in [5, 5.41) is 0. The van der Waals surface area contributed by atoms with Gasteiger partial charge in [-0.2, -0.15) is 0 Å². The number of carbonyl (C=O) groups excluding carboxylic acids is 1. The number of Topliss-reactive ketones (excluding diaryl/α,β-unsaturated/α-hetero) is 1. The Labute approximate surface area is 94.8 Å². The minimum atomic E-state index is 0.126. The van der Waals surface area contributed by atoms with Crippen LogP contribution in [0.1, 0.15) is 36.2 Å². The molecule has 3 heteroatoms. The molecule has 3 nitrogen and oxygen atoms in total. The summed E-state index contributed by atoms with van der Waals surface area (Å²) in [4.78, 5) is 16.3. The Morgan fingerprint density at radius 3 is 2.62 bits per heavy atom. The average molecular weight is 217 g/mol. The van der Waals surface area contributed by atoms with Crippen LogP contribution in [0.25, 0.3) is 0 Å². The molecular weight excluding hydrogens is 202 g/mol. The highest BCUT2D eigenvalue weighted by Crippen LogP contribution is 2.36. The first kappa shape index (κ1) is 9.97. The Bertz CT molecular complexity index is 378. The van der Waals surface area contributed by atoms with E-state index in [1.807, 2.05) is 12.1 Å². The van der Waals surface area contributed by atoms with E-state index in [1.165, 1.54) is 0 Å². The molecule has 2 fully saturated rings. The van der Waals surface area contributed by atoms with Crippen molar-refractivity contribution in [3.63, 3.8) is 0 Å². The Morgan fingerprint density at radius 2 is 2.00 bits per heavy atom. The van der Waals surface area contributed by atoms with E-state index < -0.39 is 0 Å². The molecule has 0 aliphatic carbocycles. The third kappa shape index (κ3) is 1.76. The van der Waals surface area contributed by atoms with Gasteiger partial charge in [0.05, 0.1) is 12.2 Å². The van der Waals surface area contributed by atoms with E-state index in [9.17, 15) is 4.79 Å². The second kappa shape index (κ2) is 3.98. The number of carbonyl (C=O) groups is 1. The van der Waals surface area contributed by atoms with Crippen molar-refractivity contribution in [3.8, 4) is 0 Å². The SMILES string of the molecule is O=C(c1ccccn1)C1CC2CCC(C1)O2. The summed E-state index contributed by atoms with van der Waals surface area (Å²) in [6.07, 6.45) is 6.32. The molecule has 1 aromatic rings. The molecule has 0 N–H and O–H groups in total. The predicted molar refractivity (Wildman–Crippen MR) is 59.2 cm³/mol. The molecule has 2 saturated heterocycles. The maximum absolute atomic E-state index is 12.2. The van der Waals surface area contributed by atoms with Crippen molar-refractivity contribution in [1.82, 2.24) is 4.98 Å². The first-order valence-electron chi connectivity index (χ1n) is 5.93. The predicted octanol–water partition coefficient (Wildman–Crippen LogP) is 2.22. The lowest BCUT2D eigenvalue weighted by molar-refractivity contribution is -0.0150. The van der Waals surface area contributed by atoms with Crippen LogP contribution in [0.4, 0.5) is 0 Å². The van der Waals surface area contributed by atoms with Gasteiger partial charge in [0.25, 0.3) is 0 Å². The molecule has 0 saturated carbocycles. The molecule has 0 spiro atoms. The van der Waals surface area contributed by atoms with E-state index in [2.05, 4.69) is 4.98 Å². The molecule has 16 heavy (non-hydrogen) atoms. The smallest absolute Gasteiger partial charge is 0.184 e. The summed E-state index contributed by atoms with van der Waals surface area (Å²) in [7, 11) is 0. The van der Waals surface area contributed by atoms with E-state index in [0.29, 0.717) is 17.9 Å². The van der Waals surface area contributed by atoms with Crippen molar-refractivity contribution in [2.45, 2.75) is 37.9 Å². The fourth-order valence-corrected chi connectivity index (χ4v) is 2.79. The maximum Gasteiger partial charge on any atom is 0.184 e. The lowest BCUT2D eigenvalue weighted by Gasteiger charge is -2.26. The minimum absolute atomic E-state index is 0.126. The van der Waals surface area contributed by atoms with Gasteiger partial charge in [0.15, 0.2) is 5.78 Å². The highest BCUT2D eigenvalue weighted by Gasteiger charge is 2.38. The third-order valence-electron chi connectivity index (χ3n) is 3.58. The number of pyridine rings is 1.